The van der Waals surface area contributed by atoms with E-state index in [1.54, 1.807) is 11.6 Å². The van der Waals surface area contributed by atoms with Crippen LogP contribution in [0, 0.1) is 0 Å². The fourth-order valence-corrected chi connectivity index (χ4v) is 6.05. The number of piperidine rings is 1. The van der Waals surface area contributed by atoms with Crippen molar-refractivity contribution in [3.8, 4) is 17.0 Å². The zero-order valence-corrected chi connectivity index (χ0v) is 21.6. The third kappa shape index (κ3) is 4.26. The molecule has 0 unspecified atom stereocenters. The first-order valence-electron chi connectivity index (χ1n) is 13.2. The van der Waals surface area contributed by atoms with Crippen molar-refractivity contribution in [3.63, 3.8) is 0 Å². The van der Waals surface area contributed by atoms with Crippen molar-refractivity contribution in [2.75, 3.05) is 26.7 Å². The Labute approximate surface area is 215 Å². The van der Waals surface area contributed by atoms with Gasteiger partial charge >= 0.3 is 0 Å². The SMILES string of the molecule is COc1cc(-c2[nH]c3ccc(C4CCN(C(=O)[C@@H]5C[C@@H](O)CN5)CC4)cc3c2C(C)C)cn2ncnc12. The molecule has 5 heterocycles. The smallest absolute Gasteiger partial charge is 0.239 e. The van der Waals surface area contributed by atoms with Crippen LogP contribution in [0.15, 0.2) is 36.8 Å². The zero-order valence-electron chi connectivity index (χ0n) is 21.6. The van der Waals surface area contributed by atoms with Gasteiger partial charge in [-0.05, 0) is 60.4 Å². The summed E-state index contributed by atoms with van der Waals surface area (Å²) in [7, 11) is 1.65. The molecule has 1 amide bonds. The largest absolute Gasteiger partial charge is 0.493 e. The number of nitrogens with zero attached hydrogens (tertiary/aromatic N) is 4. The number of carbonyl (C=O) groups is 1. The molecule has 2 aliphatic rings. The van der Waals surface area contributed by atoms with Gasteiger partial charge in [0.1, 0.15) is 6.33 Å². The van der Waals surface area contributed by atoms with Gasteiger partial charge in [-0.1, -0.05) is 19.9 Å². The number of hydrogen-bond donors (Lipinski definition) is 3. The Bertz CT molecular complexity index is 1450. The minimum Gasteiger partial charge on any atom is -0.493 e. The summed E-state index contributed by atoms with van der Waals surface area (Å²) in [5.74, 6) is 1.54. The van der Waals surface area contributed by atoms with Crippen LogP contribution in [0.1, 0.15) is 56.1 Å². The van der Waals surface area contributed by atoms with Gasteiger partial charge in [0.15, 0.2) is 11.4 Å². The Kier molecular flexibility index (Phi) is 6.12. The van der Waals surface area contributed by atoms with E-state index in [4.69, 9.17) is 4.74 Å². The van der Waals surface area contributed by atoms with Gasteiger partial charge in [-0.25, -0.2) is 9.50 Å². The first-order chi connectivity index (χ1) is 17.9. The molecule has 6 rings (SSSR count). The van der Waals surface area contributed by atoms with E-state index < -0.39 is 6.10 Å². The van der Waals surface area contributed by atoms with Crippen LogP contribution in [-0.4, -0.2) is 74.4 Å². The monoisotopic (exact) mass is 502 g/mol. The molecule has 9 nitrogen and oxygen atoms in total. The number of nitrogens with one attached hydrogen (secondary N) is 2. The molecule has 2 saturated heterocycles. The maximum absolute atomic E-state index is 12.9. The Morgan fingerprint density at radius 3 is 2.73 bits per heavy atom. The van der Waals surface area contributed by atoms with E-state index in [1.807, 2.05) is 17.2 Å². The third-order valence-electron chi connectivity index (χ3n) is 7.97. The Morgan fingerprint density at radius 2 is 2.03 bits per heavy atom. The number of β-amino-alcohol motifs (C(OH)–C–C–N with tert-alkyl or cyclic N) is 1. The number of aliphatic hydroxyl groups is 1. The fraction of sp³-hybridized carbons (Fsp3) is 0.464. The lowest BCUT2D eigenvalue weighted by Crippen LogP contribution is -2.46. The summed E-state index contributed by atoms with van der Waals surface area (Å²) < 4.78 is 7.36. The number of aromatic nitrogens is 4. The molecular weight excluding hydrogens is 468 g/mol. The number of aliphatic hydroxyl groups excluding tert-OH is 1. The lowest BCUT2D eigenvalue weighted by molar-refractivity contribution is -0.134. The minimum absolute atomic E-state index is 0.127. The van der Waals surface area contributed by atoms with Crippen LogP contribution in [0.4, 0.5) is 0 Å². The average Bonchev–Trinajstić information content (AvgIpc) is 3.65. The second kappa shape index (κ2) is 9.46. The quantitative estimate of drug-likeness (QED) is 0.386. The van der Waals surface area contributed by atoms with E-state index in [2.05, 4.69) is 52.4 Å². The molecule has 37 heavy (non-hydrogen) atoms. The van der Waals surface area contributed by atoms with Gasteiger partial charge in [0.05, 0.1) is 24.9 Å². The highest BCUT2D eigenvalue weighted by atomic mass is 16.5. The number of hydrogen-bond acceptors (Lipinski definition) is 6. The van der Waals surface area contributed by atoms with Gasteiger partial charge in [0.2, 0.25) is 5.91 Å². The number of fused-ring (bicyclic) bond motifs is 2. The summed E-state index contributed by atoms with van der Waals surface area (Å²) in [6.07, 6.45) is 5.52. The van der Waals surface area contributed by atoms with E-state index >= 15 is 0 Å². The molecule has 4 aromatic rings. The number of pyridine rings is 1. The van der Waals surface area contributed by atoms with Crippen molar-refractivity contribution in [2.45, 2.75) is 57.1 Å². The maximum Gasteiger partial charge on any atom is 0.239 e. The zero-order chi connectivity index (χ0) is 25.7. The summed E-state index contributed by atoms with van der Waals surface area (Å²) in [5.41, 5.74) is 6.49. The summed E-state index contributed by atoms with van der Waals surface area (Å²) in [6, 6.07) is 8.53. The lowest BCUT2D eigenvalue weighted by Gasteiger charge is -2.34. The van der Waals surface area contributed by atoms with Gasteiger partial charge in [-0.3, -0.25) is 4.79 Å². The van der Waals surface area contributed by atoms with Crippen molar-refractivity contribution >= 4 is 22.5 Å². The topological polar surface area (TPSA) is 108 Å². The molecule has 0 radical (unpaired) electrons. The van der Waals surface area contributed by atoms with Crippen LogP contribution in [0.3, 0.4) is 0 Å². The van der Waals surface area contributed by atoms with E-state index in [0.717, 1.165) is 42.7 Å². The highest BCUT2D eigenvalue weighted by molar-refractivity contribution is 5.92. The maximum atomic E-state index is 12.9. The molecule has 0 spiro atoms. The van der Waals surface area contributed by atoms with Crippen molar-refractivity contribution in [1.82, 2.24) is 29.8 Å². The molecule has 3 N–H and O–H groups in total. The normalized spacial score (nSPS) is 20.9. The van der Waals surface area contributed by atoms with E-state index in [0.29, 0.717) is 36.2 Å². The number of methoxy groups -OCH3 is 1. The minimum atomic E-state index is -0.418. The first-order valence-corrected chi connectivity index (χ1v) is 13.2. The molecule has 0 saturated carbocycles. The molecule has 2 aliphatic heterocycles. The standard InChI is InChI=1S/C28H34N6O3/c1-16(2)25-21-10-18(17-6-8-33(9-7-17)28(36)23-12-20(35)13-29-23)4-5-22(21)32-26(25)19-11-24(37-3)27-30-15-31-34(27)14-19/h4-5,10-11,14-17,20,23,29,32,35H,6-9,12-13H2,1-3H3/t20-,23+/m1/s1. The van der Waals surface area contributed by atoms with E-state index in [9.17, 15) is 9.90 Å². The molecule has 1 aromatic carbocycles. The Morgan fingerprint density at radius 1 is 1.22 bits per heavy atom. The molecule has 2 atom stereocenters. The van der Waals surface area contributed by atoms with Crippen molar-refractivity contribution < 1.29 is 14.6 Å². The number of amides is 1. The van der Waals surface area contributed by atoms with E-state index in [-0.39, 0.29) is 11.9 Å². The summed E-state index contributed by atoms with van der Waals surface area (Å²) in [4.78, 5) is 22.8. The van der Waals surface area contributed by atoms with Crippen LogP contribution in [0.2, 0.25) is 0 Å². The van der Waals surface area contributed by atoms with Crippen LogP contribution in [-0.2, 0) is 4.79 Å². The fourth-order valence-electron chi connectivity index (χ4n) is 6.05. The van der Waals surface area contributed by atoms with Gasteiger partial charge < -0.3 is 25.0 Å². The number of likely N-dealkylation sites (tertiary alicyclic amines) is 1. The lowest BCUT2D eigenvalue weighted by atomic mass is 9.87. The Balaban J connectivity index is 1.28. The molecule has 194 valence electrons. The number of carbonyl (C=O) groups excluding carboxylic acids is 1. The first kappa shape index (κ1) is 23.9. The molecule has 0 bridgehead atoms. The number of benzene rings is 1. The van der Waals surface area contributed by atoms with Crippen molar-refractivity contribution in [1.29, 1.82) is 0 Å². The van der Waals surface area contributed by atoms with E-state index in [1.165, 1.54) is 22.8 Å². The molecule has 0 aliphatic carbocycles. The van der Waals surface area contributed by atoms with Crippen molar-refractivity contribution in [3.05, 3.63) is 47.9 Å². The third-order valence-corrected chi connectivity index (χ3v) is 7.97. The van der Waals surface area contributed by atoms with Crippen molar-refractivity contribution in [2.24, 2.45) is 0 Å². The molecule has 2 fully saturated rings. The predicted molar refractivity (Wildman–Crippen MR) is 142 cm³/mol. The second-order valence-electron chi connectivity index (χ2n) is 10.6. The highest BCUT2D eigenvalue weighted by Gasteiger charge is 2.33. The number of H-pyrrole nitrogens is 1. The highest BCUT2D eigenvalue weighted by Crippen LogP contribution is 2.39. The predicted octanol–water partition coefficient (Wildman–Crippen LogP) is 3.44. The summed E-state index contributed by atoms with van der Waals surface area (Å²) in [6.45, 7) is 6.46. The van der Waals surface area contributed by atoms with Crippen LogP contribution in [0.5, 0.6) is 5.75 Å². The Hall–Kier alpha value is -3.43. The van der Waals surface area contributed by atoms with Gasteiger partial charge in [0, 0.05) is 42.3 Å². The van der Waals surface area contributed by atoms with Gasteiger partial charge in [0.25, 0.3) is 0 Å². The van der Waals surface area contributed by atoms with Crippen LogP contribution >= 0.6 is 0 Å². The average molecular weight is 503 g/mol. The molecule has 3 aromatic heterocycles. The number of ether oxygens (including phenoxy) is 1. The van der Waals surface area contributed by atoms with Gasteiger partial charge in [-0.15, -0.1) is 0 Å². The molecular formula is C28H34N6O3. The molecule has 9 heteroatoms. The number of rotatable bonds is 5. The summed E-state index contributed by atoms with van der Waals surface area (Å²) in [5, 5.41) is 18.5. The second-order valence-corrected chi connectivity index (χ2v) is 10.6. The van der Waals surface area contributed by atoms with Crippen LogP contribution < -0.4 is 10.1 Å². The summed E-state index contributed by atoms with van der Waals surface area (Å²) >= 11 is 0. The van der Waals surface area contributed by atoms with Gasteiger partial charge in [-0.2, -0.15) is 5.10 Å². The van der Waals surface area contributed by atoms with Crippen LogP contribution in [0.25, 0.3) is 27.8 Å². The number of aromatic amines is 1.